The predicted octanol–water partition coefficient (Wildman–Crippen LogP) is 4.53. The van der Waals surface area contributed by atoms with Crippen molar-refractivity contribution in [2.24, 2.45) is 4.99 Å². The minimum Gasteiger partial charge on any atom is -0.397 e. The van der Waals surface area contributed by atoms with Gasteiger partial charge in [-0.3, -0.25) is 4.99 Å². The van der Waals surface area contributed by atoms with Crippen molar-refractivity contribution in [3.05, 3.63) is 71.6 Å². The molecule has 23 heavy (non-hydrogen) atoms. The Kier molecular flexibility index (Phi) is 4.47. The number of nitrogens with zero attached hydrogens (tertiary/aromatic N) is 2. The van der Waals surface area contributed by atoms with Gasteiger partial charge in [0.1, 0.15) is 0 Å². The molecule has 0 aromatic heterocycles. The number of aryl methyl sites for hydroxylation is 1. The number of hydrogen-bond donors (Lipinski definition) is 1. The standard InChI is InChI=1S/C20H23N3/c1-15-8-9-19(21)20(14-15)23(18-10-12-22-13-11-18)16(2)17-6-4-3-5-7-17/h4,6-10,12,14H,2-3,5,11,13,21H2,1H3. The van der Waals surface area contributed by atoms with Crippen molar-refractivity contribution in [2.75, 3.05) is 17.2 Å². The van der Waals surface area contributed by atoms with E-state index < -0.39 is 0 Å². The van der Waals surface area contributed by atoms with Crippen LogP contribution in [-0.2, 0) is 0 Å². The zero-order valence-corrected chi connectivity index (χ0v) is 13.6. The predicted molar refractivity (Wildman–Crippen MR) is 99.7 cm³/mol. The molecule has 2 aliphatic rings. The van der Waals surface area contributed by atoms with Gasteiger partial charge >= 0.3 is 0 Å². The first-order chi connectivity index (χ1) is 11.2. The monoisotopic (exact) mass is 305 g/mol. The molecule has 3 heteroatoms. The van der Waals surface area contributed by atoms with Crippen LogP contribution in [0.1, 0.15) is 24.8 Å². The van der Waals surface area contributed by atoms with Crippen LogP contribution in [0.5, 0.6) is 0 Å². The highest BCUT2D eigenvalue weighted by Crippen LogP contribution is 2.35. The van der Waals surface area contributed by atoms with Crippen LogP contribution in [0.4, 0.5) is 11.4 Å². The maximum atomic E-state index is 6.28. The fourth-order valence-electron chi connectivity index (χ4n) is 2.94. The van der Waals surface area contributed by atoms with Crippen LogP contribution in [0.25, 0.3) is 0 Å². The number of dihydropyridines is 1. The summed E-state index contributed by atoms with van der Waals surface area (Å²) in [5.74, 6) is 0. The first-order valence-corrected chi connectivity index (χ1v) is 8.08. The molecule has 1 aromatic rings. The molecule has 3 rings (SSSR count). The minimum atomic E-state index is 0.764. The lowest BCUT2D eigenvalue weighted by molar-refractivity contribution is 0.888. The number of anilines is 2. The van der Waals surface area contributed by atoms with Crippen molar-refractivity contribution < 1.29 is 0 Å². The first kappa shape index (κ1) is 15.3. The molecule has 0 radical (unpaired) electrons. The average molecular weight is 305 g/mol. The van der Waals surface area contributed by atoms with Gasteiger partial charge in [-0.1, -0.05) is 30.9 Å². The van der Waals surface area contributed by atoms with Crippen molar-refractivity contribution in [3.8, 4) is 0 Å². The Balaban J connectivity index is 2.06. The van der Waals surface area contributed by atoms with Crippen LogP contribution >= 0.6 is 0 Å². The van der Waals surface area contributed by atoms with Crippen LogP contribution in [0.2, 0.25) is 0 Å². The first-order valence-electron chi connectivity index (χ1n) is 8.08. The summed E-state index contributed by atoms with van der Waals surface area (Å²) in [6.45, 7) is 7.25. The molecular formula is C20H23N3. The minimum absolute atomic E-state index is 0.764. The third kappa shape index (κ3) is 3.29. The number of nitrogen functional groups attached to an aromatic ring is 1. The maximum Gasteiger partial charge on any atom is 0.0690 e. The van der Waals surface area contributed by atoms with Crippen LogP contribution in [0.3, 0.4) is 0 Å². The lowest BCUT2D eigenvalue weighted by Gasteiger charge is -2.32. The molecule has 0 atom stereocenters. The second-order valence-corrected chi connectivity index (χ2v) is 5.95. The molecule has 0 unspecified atom stereocenters. The molecule has 1 aliphatic carbocycles. The Labute approximate surface area is 138 Å². The van der Waals surface area contributed by atoms with Crippen molar-refractivity contribution in [2.45, 2.75) is 26.2 Å². The summed E-state index contributed by atoms with van der Waals surface area (Å²) in [5.41, 5.74) is 12.6. The zero-order valence-electron chi connectivity index (χ0n) is 13.6. The van der Waals surface area contributed by atoms with E-state index in [1.165, 1.54) is 16.8 Å². The molecule has 118 valence electrons. The molecule has 1 heterocycles. The van der Waals surface area contributed by atoms with Crippen molar-refractivity contribution in [1.29, 1.82) is 0 Å². The fourth-order valence-corrected chi connectivity index (χ4v) is 2.94. The van der Waals surface area contributed by atoms with Gasteiger partial charge in [0.2, 0.25) is 0 Å². The summed E-state index contributed by atoms with van der Waals surface area (Å²) in [6, 6.07) is 6.13. The van der Waals surface area contributed by atoms with Gasteiger partial charge in [0, 0.05) is 30.6 Å². The van der Waals surface area contributed by atoms with E-state index in [1.54, 1.807) is 0 Å². The second-order valence-electron chi connectivity index (χ2n) is 5.95. The Morgan fingerprint density at radius 1 is 1.30 bits per heavy atom. The topological polar surface area (TPSA) is 41.6 Å². The maximum absolute atomic E-state index is 6.28. The average Bonchev–Trinajstić information content (AvgIpc) is 2.60. The van der Waals surface area contributed by atoms with Crippen LogP contribution in [0, 0.1) is 6.92 Å². The summed E-state index contributed by atoms with van der Waals surface area (Å²) < 4.78 is 0. The quantitative estimate of drug-likeness (QED) is 0.830. The molecule has 0 saturated heterocycles. The summed E-state index contributed by atoms with van der Waals surface area (Å²) in [7, 11) is 0. The van der Waals surface area contributed by atoms with Crippen molar-refractivity contribution in [3.63, 3.8) is 0 Å². The third-order valence-electron chi connectivity index (χ3n) is 4.18. The lowest BCUT2D eigenvalue weighted by Crippen LogP contribution is -2.25. The second kappa shape index (κ2) is 6.69. The molecular weight excluding hydrogens is 282 g/mol. The number of aliphatic imine (C=N–C) groups is 1. The Bertz CT molecular complexity index is 735. The van der Waals surface area contributed by atoms with Crippen molar-refractivity contribution >= 4 is 17.6 Å². The summed E-state index contributed by atoms with van der Waals surface area (Å²) in [4.78, 5) is 6.49. The van der Waals surface area contributed by atoms with Gasteiger partial charge in [0.05, 0.1) is 11.4 Å². The van der Waals surface area contributed by atoms with E-state index in [4.69, 9.17) is 5.73 Å². The summed E-state index contributed by atoms with van der Waals surface area (Å²) in [6.07, 6.45) is 13.6. The number of benzene rings is 1. The molecule has 0 bridgehead atoms. The Hall–Kier alpha value is -2.55. The molecule has 0 saturated carbocycles. The molecule has 0 fully saturated rings. The molecule has 3 nitrogen and oxygen atoms in total. The molecule has 0 amide bonds. The van der Waals surface area contributed by atoms with Gasteiger partial charge in [0.25, 0.3) is 0 Å². The normalized spacial score (nSPS) is 16.7. The van der Waals surface area contributed by atoms with Gasteiger partial charge in [-0.25, -0.2) is 0 Å². The van der Waals surface area contributed by atoms with E-state index in [0.29, 0.717) is 0 Å². The fraction of sp³-hybridized carbons (Fsp3) is 0.250. The number of hydrogen-bond acceptors (Lipinski definition) is 3. The number of rotatable bonds is 4. The number of allylic oxidation sites excluding steroid dienone is 4. The van der Waals surface area contributed by atoms with E-state index in [0.717, 1.165) is 42.9 Å². The van der Waals surface area contributed by atoms with Gasteiger partial charge in [-0.05, 0) is 49.1 Å². The summed E-state index contributed by atoms with van der Waals surface area (Å²) in [5, 5.41) is 0. The number of nitrogens with two attached hydrogens (primary N) is 1. The van der Waals surface area contributed by atoms with E-state index in [-0.39, 0.29) is 0 Å². The third-order valence-corrected chi connectivity index (χ3v) is 4.18. The highest BCUT2D eigenvalue weighted by Gasteiger charge is 2.20. The van der Waals surface area contributed by atoms with Crippen LogP contribution in [0.15, 0.2) is 71.0 Å². The van der Waals surface area contributed by atoms with Crippen LogP contribution in [-0.4, -0.2) is 12.8 Å². The molecule has 1 aliphatic heterocycles. The van der Waals surface area contributed by atoms with Crippen LogP contribution < -0.4 is 10.6 Å². The van der Waals surface area contributed by atoms with Gasteiger partial charge in [-0.15, -0.1) is 0 Å². The molecule has 0 spiro atoms. The van der Waals surface area contributed by atoms with Crippen molar-refractivity contribution in [1.82, 2.24) is 0 Å². The van der Waals surface area contributed by atoms with E-state index >= 15 is 0 Å². The Morgan fingerprint density at radius 3 is 2.87 bits per heavy atom. The summed E-state index contributed by atoms with van der Waals surface area (Å²) >= 11 is 0. The van der Waals surface area contributed by atoms with Gasteiger partial charge in [-0.2, -0.15) is 0 Å². The SMILES string of the molecule is C=C(C1=CCCC=C1)N(C1=CC=NCC1)c1cc(C)ccc1N. The van der Waals surface area contributed by atoms with Gasteiger partial charge < -0.3 is 10.6 Å². The van der Waals surface area contributed by atoms with E-state index in [1.807, 2.05) is 18.3 Å². The zero-order chi connectivity index (χ0) is 16.2. The smallest absolute Gasteiger partial charge is 0.0690 e. The highest BCUT2D eigenvalue weighted by molar-refractivity contribution is 5.80. The largest absolute Gasteiger partial charge is 0.397 e. The Morgan fingerprint density at radius 2 is 2.17 bits per heavy atom. The lowest BCUT2D eigenvalue weighted by atomic mass is 10.0. The molecule has 1 aromatic carbocycles. The molecule has 2 N–H and O–H groups in total. The van der Waals surface area contributed by atoms with E-state index in [9.17, 15) is 0 Å². The highest BCUT2D eigenvalue weighted by atomic mass is 15.2. The van der Waals surface area contributed by atoms with Gasteiger partial charge in [0.15, 0.2) is 0 Å². The van der Waals surface area contributed by atoms with E-state index in [2.05, 4.69) is 53.8 Å².